The summed E-state index contributed by atoms with van der Waals surface area (Å²) in [6.45, 7) is 4.85. The number of hydrogen-bond donors (Lipinski definition) is 1. The zero-order valence-electron chi connectivity index (χ0n) is 12.2. The van der Waals surface area contributed by atoms with Gasteiger partial charge in [-0.25, -0.2) is 8.78 Å². The lowest BCUT2D eigenvalue weighted by atomic mass is 10.0. The molecule has 3 unspecified atom stereocenters. The van der Waals surface area contributed by atoms with Crippen LogP contribution in [0.4, 0.5) is 8.78 Å². The molecule has 1 aliphatic heterocycles. The molecular weight excluding hydrogens is 258 g/mol. The third kappa shape index (κ3) is 3.01. The van der Waals surface area contributed by atoms with Crippen molar-refractivity contribution in [2.24, 2.45) is 5.73 Å². The normalized spacial score (nSPS) is 25.3. The summed E-state index contributed by atoms with van der Waals surface area (Å²) < 4.78 is 25.7. The molecule has 0 aliphatic carbocycles. The van der Waals surface area contributed by atoms with Crippen LogP contribution in [0.5, 0.6) is 0 Å². The van der Waals surface area contributed by atoms with E-state index in [2.05, 4.69) is 18.7 Å². The molecule has 2 nitrogen and oxygen atoms in total. The maximum atomic E-state index is 12.9. The Balaban J connectivity index is 2.29. The van der Waals surface area contributed by atoms with Crippen LogP contribution in [0.2, 0.25) is 0 Å². The fourth-order valence-electron chi connectivity index (χ4n) is 3.40. The summed E-state index contributed by atoms with van der Waals surface area (Å²) in [6, 6.07) is 7.72. The van der Waals surface area contributed by atoms with Crippen molar-refractivity contribution >= 4 is 0 Å². The number of benzene rings is 1. The smallest absolute Gasteiger partial charge is 0.263 e. The molecule has 112 valence electrons. The highest BCUT2D eigenvalue weighted by molar-refractivity contribution is 5.27. The lowest BCUT2D eigenvalue weighted by Crippen LogP contribution is -2.41. The van der Waals surface area contributed by atoms with Gasteiger partial charge in [-0.15, -0.1) is 0 Å². The number of alkyl halides is 2. The minimum atomic E-state index is -2.42. The van der Waals surface area contributed by atoms with Crippen molar-refractivity contribution in [2.45, 2.75) is 57.7 Å². The molecule has 0 radical (unpaired) electrons. The van der Waals surface area contributed by atoms with Crippen molar-refractivity contribution in [1.82, 2.24) is 4.90 Å². The molecule has 1 aliphatic rings. The van der Waals surface area contributed by atoms with E-state index in [1.165, 1.54) is 12.5 Å². The van der Waals surface area contributed by atoms with Crippen LogP contribution in [0.3, 0.4) is 0 Å². The van der Waals surface area contributed by atoms with E-state index in [1.54, 1.807) is 12.1 Å². The third-order valence-electron chi connectivity index (χ3n) is 4.45. The largest absolute Gasteiger partial charge is 0.329 e. The summed E-state index contributed by atoms with van der Waals surface area (Å²) in [7, 11) is 0. The molecular formula is C16H24F2N2. The van der Waals surface area contributed by atoms with Gasteiger partial charge in [-0.1, -0.05) is 25.1 Å². The Bertz CT molecular complexity index is 436. The average molecular weight is 282 g/mol. The molecule has 4 heteroatoms. The van der Waals surface area contributed by atoms with E-state index in [9.17, 15) is 8.78 Å². The van der Waals surface area contributed by atoms with E-state index >= 15 is 0 Å². The molecule has 1 saturated heterocycles. The molecule has 1 heterocycles. The van der Waals surface area contributed by atoms with Gasteiger partial charge in [0.05, 0.1) is 0 Å². The number of nitrogens with zero attached hydrogens (tertiary/aromatic N) is 1. The van der Waals surface area contributed by atoms with Crippen LogP contribution in [-0.2, 0) is 0 Å². The van der Waals surface area contributed by atoms with E-state index in [0.717, 1.165) is 18.4 Å². The van der Waals surface area contributed by atoms with Gasteiger partial charge in [0.1, 0.15) is 0 Å². The summed E-state index contributed by atoms with van der Waals surface area (Å²) in [6.07, 6.45) is 0.980. The summed E-state index contributed by atoms with van der Waals surface area (Å²) >= 11 is 0. The van der Waals surface area contributed by atoms with Crippen LogP contribution in [0.25, 0.3) is 0 Å². The number of likely N-dealkylation sites (tertiary alicyclic amines) is 1. The van der Waals surface area contributed by atoms with Crippen molar-refractivity contribution in [3.05, 3.63) is 35.4 Å². The summed E-state index contributed by atoms with van der Waals surface area (Å²) in [4.78, 5) is 2.42. The first-order chi connectivity index (χ1) is 9.58. The lowest BCUT2D eigenvalue weighted by molar-refractivity contribution is 0.135. The van der Waals surface area contributed by atoms with Gasteiger partial charge in [-0.3, -0.25) is 4.90 Å². The maximum Gasteiger partial charge on any atom is 0.263 e. The Hall–Kier alpha value is -1.00. The van der Waals surface area contributed by atoms with Crippen molar-refractivity contribution in [3.63, 3.8) is 0 Å². The van der Waals surface area contributed by atoms with E-state index in [1.807, 2.05) is 6.07 Å². The SMILES string of the molecule is CCC1CCC(C)N1C(CN)c1cccc(C(F)F)c1. The first-order valence-corrected chi connectivity index (χ1v) is 7.44. The minimum Gasteiger partial charge on any atom is -0.329 e. The van der Waals surface area contributed by atoms with Crippen LogP contribution < -0.4 is 5.73 Å². The van der Waals surface area contributed by atoms with Gasteiger partial charge in [0.25, 0.3) is 6.43 Å². The maximum absolute atomic E-state index is 12.9. The van der Waals surface area contributed by atoms with Gasteiger partial charge in [0.15, 0.2) is 0 Å². The van der Waals surface area contributed by atoms with Crippen LogP contribution in [0.1, 0.15) is 56.7 Å². The molecule has 0 aromatic heterocycles. The Morgan fingerprint density at radius 2 is 2.00 bits per heavy atom. The quantitative estimate of drug-likeness (QED) is 0.888. The molecule has 1 fully saturated rings. The number of nitrogens with two attached hydrogens (primary N) is 1. The molecule has 0 amide bonds. The Morgan fingerprint density at radius 1 is 1.30 bits per heavy atom. The second kappa shape index (κ2) is 6.64. The first-order valence-electron chi connectivity index (χ1n) is 7.44. The highest BCUT2D eigenvalue weighted by atomic mass is 19.3. The molecule has 0 spiro atoms. The topological polar surface area (TPSA) is 29.3 Å². The second-order valence-corrected chi connectivity index (χ2v) is 5.66. The van der Waals surface area contributed by atoms with Crippen LogP contribution in [-0.4, -0.2) is 23.5 Å². The Kier molecular flexibility index (Phi) is 5.11. The molecule has 0 saturated carbocycles. The minimum absolute atomic E-state index is 0.0381. The van der Waals surface area contributed by atoms with E-state index in [0.29, 0.717) is 18.6 Å². The molecule has 1 aromatic carbocycles. The predicted octanol–water partition coefficient (Wildman–Crippen LogP) is 3.89. The van der Waals surface area contributed by atoms with E-state index in [4.69, 9.17) is 5.73 Å². The van der Waals surface area contributed by atoms with Crippen molar-refractivity contribution in [2.75, 3.05) is 6.54 Å². The van der Waals surface area contributed by atoms with Gasteiger partial charge in [0, 0.05) is 30.2 Å². The fourth-order valence-corrected chi connectivity index (χ4v) is 3.40. The Morgan fingerprint density at radius 3 is 2.60 bits per heavy atom. The van der Waals surface area contributed by atoms with E-state index < -0.39 is 6.43 Å². The van der Waals surface area contributed by atoms with E-state index in [-0.39, 0.29) is 11.6 Å². The molecule has 20 heavy (non-hydrogen) atoms. The van der Waals surface area contributed by atoms with Crippen LogP contribution in [0.15, 0.2) is 24.3 Å². The first kappa shape index (κ1) is 15.4. The summed E-state index contributed by atoms with van der Waals surface area (Å²) in [5.41, 5.74) is 6.96. The number of halogens is 2. The zero-order chi connectivity index (χ0) is 14.7. The molecule has 3 atom stereocenters. The van der Waals surface area contributed by atoms with Gasteiger partial charge >= 0.3 is 0 Å². The third-order valence-corrected chi connectivity index (χ3v) is 4.45. The van der Waals surface area contributed by atoms with Crippen LogP contribution in [0, 0.1) is 0 Å². The lowest BCUT2D eigenvalue weighted by Gasteiger charge is -2.36. The van der Waals surface area contributed by atoms with Gasteiger partial charge < -0.3 is 5.73 Å². The summed E-state index contributed by atoms with van der Waals surface area (Å²) in [5, 5.41) is 0. The predicted molar refractivity (Wildman–Crippen MR) is 77.8 cm³/mol. The second-order valence-electron chi connectivity index (χ2n) is 5.66. The zero-order valence-corrected chi connectivity index (χ0v) is 12.2. The van der Waals surface area contributed by atoms with Gasteiger partial charge in [-0.2, -0.15) is 0 Å². The van der Waals surface area contributed by atoms with Gasteiger partial charge in [0.2, 0.25) is 0 Å². The number of rotatable bonds is 5. The van der Waals surface area contributed by atoms with Crippen molar-refractivity contribution in [3.8, 4) is 0 Å². The van der Waals surface area contributed by atoms with Crippen LogP contribution >= 0.6 is 0 Å². The molecule has 2 rings (SSSR count). The standard InChI is InChI=1S/C16H24F2N2/c1-3-14-8-7-11(2)20(14)15(10-19)12-5-4-6-13(9-12)16(17)18/h4-6,9,11,14-16H,3,7-8,10,19H2,1-2H3. The van der Waals surface area contributed by atoms with Gasteiger partial charge in [-0.05, 0) is 37.8 Å². The highest BCUT2D eigenvalue weighted by Gasteiger charge is 2.34. The number of hydrogen-bond acceptors (Lipinski definition) is 2. The molecule has 1 aromatic rings. The monoisotopic (exact) mass is 282 g/mol. The Labute approximate surface area is 120 Å². The average Bonchev–Trinajstić information content (AvgIpc) is 2.82. The van der Waals surface area contributed by atoms with Crippen molar-refractivity contribution in [1.29, 1.82) is 0 Å². The fraction of sp³-hybridized carbons (Fsp3) is 0.625. The summed E-state index contributed by atoms with van der Waals surface area (Å²) in [5.74, 6) is 0. The molecule has 2 N–H and O–H groups in total. The molecule has 0 bridgehead atoms. The highest BCUT2D eigenvalue weighted by Crippen LogP contribution is 2.35. The van der Waals surface area contributed by atoms with Crippen molar-refractivity contribution < 1.29 is 8.78 Å².